The second-order valence-electron chi connectivity index (χ2n) is 6.92. The second kappa shape index (κ2) is 8.78. The van der Waals surface area contributed by atoms with Crippen LogP contribution in [-0.2, 0) is 4.79 Å². The monoisotopic (exact) mass is 283 g/mol. The van der Waals surface area contributed by atoms with Gasteiger partial charge in [-0.25, -0.2) is 0 Å². The summed E-state index contributed by atoms with van der Waals surface area (Å²) in [7, 11) is -0.929. The van der Waals surface area contributed by atoms with E-state index < -0.39 is 8.07 Å². The maximum Gasteiger partial charge on any atom is 0.222 e. The van der Waals surface area contributed by atoms with Crippen LogP contribution in [0.4, 0.5) is 0 Å². The molecule has 0 saturated carbocycles. The van der Waals surface area contributed by atoms with Gasteiger partial charge in [0.05, 0.1) is 8.07 Å². The number of amides is 1. The second-order valence-corrected chi connectivity index (χ2v) is 12.2. The average Bonchev–Trinajstić information content (AvgIpc) is 2.37. The summed E-state index contributed by atoms with van der Waals surface area (Å²) >= 11 is 0. The van der Waals surface area contributed by atoms with Crippen LogP contribution in [0.1, 0.15) is 58.3 Å². The van der Waals surface area contributed by atoms with Crippen molar-refractivity contribution in [2.75, 3.05) is 13.1 Å². The van der Waals surface area contributed by atoms with E-state index in [1.807, 2.05) is 0 Å². The van der Waals surface area contributed by atoms with Crippen LogP contribution in [0.2, 0.25) is 25.2 Å². The molecule has 1 heterocycles. The third kappa shape index (κ3) is 7.14. The molecule has 1 fully saturated rings. The van der Waals surface area contributed by atoms with E-state index in [0.717, 1.165) is 25.9 Å². The molecule has 0 aromatic carbocycles. The minimum atomic E-state index is -0.929. The number of hydrogen-bond donors (Lipinski definition) is 0. The van der Waals surface area contributed by atoms with Crippen molar-refractivity contribution in [3.63, 3.8) is 0 Å². The maximum absolute atomic E-state index is 12.1. The standard InChI is InChI=1S/C16H33NOSi/c1-4-5-6-7-8-9-10-11-16(18)17-12-14-19(2,3)15-13-17/h4-15H2,1-3H3. The van der Waals surface area contributed by atoms with Crippen LogP contribution in [0.15, 0.2) is 0 Å². The van der Waals surface area contributed by atoms with Gasteiger partial charge in [-0.3, -0.25) is 4.79 Å². The highest BCUT2D eigenvalue weighted by atomic mass is 28.3. The molecular weight excluding hydrogens is 250 g/mol. The summed E-state index contributed by atoms with van der Waals surface area (Å²) in [5.74, 6) is 0.415. The zero-order valence-corrected chi connectivity index (χ0v) is 14.3. The quantitative estimate of drug-likeness (QED) is 0.468. The van der Waals surface area contributed by atoms with E-state index in [9.17, 15) is 4.79 Å². The summed E-state index contributed by atoms with van der Waals surface area (Å²) < 4.78 is 0. The number of hydrogen-bond acceptors (Lipinski definition) is 1. The van der Waals surface area contributed by atoms with E-state index in [1.54, 1.807) is 0 Å². The fourth-order valence-corrected chi connectivity index (χ4v) is 4.75. The van der Waals surface area contributed by atoms with Crippen LogP contribution >= 0.6 is 0 Å². The molecule has 0 unspecified atom stereocenters. The Labute approximate surface area is 121 Å². The van der Waals surface area contributed by atoms with Gasteiger partial charge in [0.1, 0.15) is 0 Å². The number of unbranched alkanes of at least 4 members (excludes halogenated alkanes) is 6. The van der Waals surface area contributed by atoms with Gasteiger partial charge in [-0.05, 0) is 18.5 Å². The Bertz CT molecular complexity index is 255. The lowest BCUT2D eigenvalue weighted by atomic mass is 10.1. The van der Waals surface area contributed by atoms with Crippen molar-refractivity contribution < 1.29 is 4.79 Å². The van der Waals surface area contributed by atoms with Gasteiger partial charge in [0.2, 0.25) is 5.91 Å². The molecule has 0 N–H and O–H groups in total. The van der Waals surface area contributed by atoms with Crippen molar-refractivity contribution >= 4 is 14.0 Å². The smallest absolute Gasteiger partial charge is 0.222 e. The lowest BCUT2D eigenvalue weighted by Crippen LogP contribution is -2.45. The van der Waals surface area contributed by atoms with Crippen molar-refractivity contribution in [1.82, 2.24) is 4.90 Å². The Morgan fingerprint density at radius 1 is 0.947 bits per heavy atom. The van der Waals surface area contributed by atoms with Crippen molar-refractivity contribution in [2.24, 2.45) is 0 Å². The lowest BCUT2D eigenvalue weighted by molar-refractivity contribution is -0.131. The SMILES string of the molecule is CCCCCCCCCC(=O)N1CC[Si](C)(C)CC1. The van der Waals surface area contributed by atoms with Crippen molar-refractivity contribution in [3.05, 3.63) is 0 Å². The highest BCUT2D eigenvalue weighted by molar-refractivity contribution is 6.77. The summed E-state index contributed by atoms with van der Waals surface area (Å²) in [6.07, 6.45) is 9.84. The number of rotatable bonds is 8. The van der Waals surface area contributed by atoms with Gasteiger partial charge in [-0.2, -0.15) is 0 Å². The molecule has 1 aliphatic rings. The highest BCUT2D eigenvalue weighted by Crippen LogP contribution is 2.22. The molecule has 0 aliphatic carbocycles. The van der Waals surface area contributed by atoms with Gasteiger partial charge in [0.25, 0.3) is 0 Å². The first kappa shape index (κ1) is 16.7. The molecule has 0 bridgehead atoms. The third-order valence-corrected chi connectivity index (χ3v) is 7.62. The van der Waals surface area contributed by atoms with E-state index in [0.29, 0.717) is 5.91 Å². The van der Waals surface area contributed by atoms with Crippen LogP contribution in [0.3, 0.4) is 0 Å². The summed E-state index contributed by atoms with van der Waals surface area (Å²) in [4.78, 5) is 14.2. The van der Waals surface area contributed by atoms with Gasteiger partial charge in [-0.1, -0.05) is 58.5 Å². The van der Waals surface area contributed by atoms with Crippen LogP contribution < -0.4 is 0 Å². The molecule has 19 heavy (non-hydrogen) atoms. The predicted octanol–water partition coefficient (Wildman–Crippen LogP) is 4.68. The van der Waals surface area contributed by atoms with E-state index in [-0.39, 0.29) is 0 Å². The fourth-order valence-electron chi connectivity index (χ4n) is 2.75. The molecule has 1 rings (SSSR count). The zero-order chi connectivity index (χ0) is 14.1. The zero-order valence-electron chi connectivity index (χ0n) is 13.3. The predicted molar refractivity (Wildman–Crippen MR) is 86.3 cm³/mol. The summed E-state index contributed by atoms with van der Waals surface area (Å²) in [6, 6.07) is 2.60. The molecule has 1 saturated heterocycles. The Hall–Kier alpha value is -0.313. The molecule has 1 amide bonds. The van der Waals surface area contributed by atoms with E-state index >= 15 is 0 Å². The molecule has 0 spiro atoms. The number of carbonyl (C=O) groups excluding carboxylic acids is 1. The lowest BCUT2D eigenvalue weighted by Gasteiger charge is -2.35. The van der Waals surface area contributed by atoms with Gasteiger partial charge < -0.3 is 4.90 Å². The minimum absolute atomic E-state index is 0.415. The van der Waals surface area contributed by atoms with Crippen LogP contribution in [0.5, 0.6) is 0 Å². The van der Waals surface area contributed by atoms with Gasteiger partial charge in [-0.15, -0.1) is 0 Å². The Morgan fingerprint density at radius 2 is 1.47 bits per heavy atom. The first-order chi connectivity index (χ1) is 9.05. The first-order valence-electron chi connectivity index (χ1n) is 8.33. The molecule has 2 nitrogen and oxygen atoms in total. The minimum Gasteiger partial charge on any atom is -0.343 e. The summed E-state index contributed by atoms with van der Waals surface area (Å²) in [6.45, 7) is 9.22. The van der Waals surface area contributed by atoms with Gasteiger partial charge in [0.15, 0.2) is 0 Å². The van der Waals surface area contributed by atoms with Gasteiger partial charge in [0, 0.05) is 19.5 Å². The molecule has 3 heteroatoms. The molecule has 0 atom stereocenters. The number of nitrogens with zero attached hydrogens (tertiary/aromatic N) is 1. The maximum atomic E-state index is 12.1. The molecule has 0 aromatic heterocycles. The molecule has 0 aromatic rings. The normalized spacial score (nSPS) is 18.6. The summed E-state index contributed by atoms with van der Waals surface area (Å²) in [5.41, 5.74) is 0. The third-order valence-electron chi connectivity index (χ3n) is 4.46. The fraction of sp³-hybridized carbons (Fsp3) is 0.938. The molecule has 0 radical (unpaired) electrons. The largest absolute Gasteiger partial charge is 0.343 e. The Balaban J connectivity index is 2.02. The Morgan fingerprint density at radius 3 is 2.05 bits per heavy atom. The van der Waals surface area contributed by atoms with Crippen LogP contribution in [0.25, 0.3) is 0 Å². The average molecular weight is 284 g/mol. The molecule has 1 aliphatic heterocycles. The van der Waals surface area contributed by atoms with Crippen molar-refractivity contribution in [3.8, 4) is 0 Å². The topological polar surface area (TPSA) is 20.3 Å². The Kier molecular flexibility index (Phi) is 7.73. The van der Waals surface area contributed by atoms with Crippen molar-refractivity contribution in [2.45, 2.75) is 83.5 Å². The first-order valence-corrected chi connectivity index (χ1v) is 11.7. The van der Waals surface area contributed by atoms with E-state index in [2.05, 4.69) is 24.9 Å². The van der Waals surface area contributed by atoms with Crippen LogP contribution in [-0.4, -0.2) is 32.0 Å². The number of carbonyl (C=O) groups is 1. The van der Waals surface area contributed by atoms with Gasteiger partial charge >= 0.3 is 0 Å². The van der Waals surface area contributed by atoms with E-state index in [4.69, 9.17) is 0 Å². The molecular formula is C16H33NOSi. The van der Waals surface area contributed by atoms with Crippen molar-refractivity contribution in [1.29, 1.82) is 0 Å². The highest BCUT2D eigenvalue weighted by Gasteiger charge is 2.28. The molecule has 112 valence electrons. The summed E-state index contributed by atoms with van der Waals surface area (Å²) in [5, 5.41) is 0. The van der Waals surface area contributed by atoms with Crippen LogP contribution in [0, 0.1) is 0 Å². The van der Waals surface area contributed by atoms with E-state index in [1.165, 1.54) is 50.6 Å².